The maximum Gasteiger partial charge on any atom is 0.326 e. The van der Waals surface area contributed by atoms with Crippen LogP contribution in [-0.2, 0) is 4.79 Å². The number of hydrogen-bond donors (Lipinski definition) is 2. The van der Waals surface area contributed by atoms with Crippen LogP contribution < -0.4 is 0 Å². The number of phenols is 1. The van der Waals surface area contributed by atoms with Crippen LogP contribution in [0.3, 0.4) is 0 Å². The minimum atomic E-state index is -0.956. The second kappa shape index (κ2) is 6.06. The van der Waals surface area contributed by atoms with Crippen LogP contribution in [0, 0.1) is 5.92 Å². The van der Waals surface area contributed by atoms with Gasteiger partial charge in [-0.3, -0.25) is 4.79 Å². The van der Waals surface area contributed by atoms with E-state index in [-0.39, 0.29) is 29.2 Å². The predicted octanol–water partition coefficient (Wildman–Crippen LogP) is 3.40. The number of likely N-dealkylation sites (tertiary alicyclic amines) is 1. The molecule has 3 atom stereocenters. The third-order valence-corrected chi connectivity index (χ3v) is 5.70. The molecule has 2 N–H and O–H groups in total. The van der Waals surface area contributed by atoms with Gasteiger partial charge in [-0.1, -0.05) is 37.1 Å². The summed E-state index contributed by atoms with van der Waals surface area (Å²) in [5.74, 6) is -1.17. The quantitative estimate of drug-likeness (QED) is 0.879. The zero-order chi connectivity index (χ0) is 17.6. The van der Waals surface area contributed by atoms with Crippen LogP contribution in [0.4, 0.5) is 0 Å². The number of amides is 1. The van der Waals surface area contributed by atoms with Crippen LogP contribution in [-0.4, -0.2) is 39.1 Å². The fraction of sp³-hybridized carbons (Fsp3) is 0.400. The minimum absolute atomic E-state index is 0.0341. The molecular weight excluding hydrogens is 318 g/mol. The van der Waals surface area contributed by atoms with Gasteiger partial charge >= 0.3 is 5.97 Å². The van der Waals surface area contributed by atoms with Crippen molar-refractivity contribution in [1.29, 1.82) is 0 Å². The highest BCUT2D eigenvalue weighted by molar-refractivity contribution is 6.03. The molecule has 1 saturated heterocycles. The summed E-state index contributed by atoms with van der Waals surface area (Å²) in [6, 6.07) is 9.91. The molecule has 0 radical (unpaired) electrons. The zero-order valence-electron chi connectivity index (χ0n) is 13.9. The van der Waals surface area contributed by atoms with E-state index in [0.29, 0.717) is 6.42 Å². The predicted molar refractivity (Wildman–Crippen MR) is 93.6 cm³/mol. The number of phenolic OH excluding ortho intramolecular Hbond substituents is 1. The molecule has 1 aliphatic carbocycles. The van der Waals surface area contributed by atoms with Gasteiger partial charge in [0.15, 0.2) is 0 Å². The number of carboxylic acids is 1. The minimum Gasteiger partial charge on any atom is -0.507 e. The molecule has 2 aromatic rings. The molecule has 0 bridgehead atoms. The van der Waals surface area contributed by atoms with Gasteiger partial charge in [0, 0.05) is 6.04 Å². The van der Waals surface area contributed by atoms with E-state index in [4.69, 9.17) is 0 Å². The number of rotatable bonds is 2. The fourth-order valence-electron chi connectivity index (χ4n) is 4.51. The molecule has 5 nitrogen and oxygen atoms in total. The Kier molecular flexibility index (Phi) is 3.86. The lowest BCUT2D eigenvalue weighted by molar-refractivity contribution is -0.141. The number of carbonyl (C=O) groups is 2. The normalized spacial score (nSPS) is 25.8. The first-order valence-electron chi connectivity index (χ1n) is 8.83. The van der Waals surface area contributed by atoms with Gasteiger partial charge in [0.25, 0.3) is 5.91 Å². The van der Waals surface area contributed by atoms with Crippen LogP contribution in [0.1, 0.15) is 42.5 Å². The molecule has 2 aromatic carbocycles. The maximum atomic E-state index is 13.2. The number of carboxylic acid groups (broad SMARTS) is 1. The summed E-state index contributed by atoms with van der Waals surface area (Å²) < 4.78 is 0. The third kappa shape index (κ3) is 2.64. The SMILES string of the molecule is O=C(O)C1CC2CCCCC2N1C(=O)c1cc2ccccc2cc1O. The second-order valence-electron chi connectivity index (χ2n) is 7.13. The Balaban J connectivity index is 1.75. The standard InChI is InChI=1S/C20H21NO4/c22-18-11-13-6-2-1-5-12(13)9-15(18)19(23)21-16-8-4-3-7-14(16)10-17(21)20(24)25/h1-2,5-6,9,11,14,16-17,22H,3-4,7-8,10H2,(H,24,25). The molecular formula is C20H21NO4. The van der Waals surface area contributed by atoms with E-state index >= 15 is 0 Å². The average molecular weight is 339 g/mol. The van der Waals surface area contributed by atoms with E-state index in [1.807, 2.05) is 24.3 Å². The van der Waals surface area contributed by atoms with Crippen molar-refractivity contribution in [3.05, 3.63) is 42.0 Å². The van der Waals surface area contributed by atoms with E-state index in [2.05, 4.69) is 0 Å². The van der Waals surface area contributed by atoms with E-state index in [0.717, 1.165) is 36.5 Å². The summed E-state index contributed by atoms with van der Waals surface area (Å²) in [5, 5.41) is 21.7. The Hall–Kier alpha value is -2.56. The Bertz CT molecular complexity index is 847. The topological polar surface area (TPSA) is 77.8 Å². The summed E-state index contributed by atoms with van der Waals surface area (Å²) in [4.78, 5) is 26.4. The highest BCUT2D eigenvalue weighted by Crippen LogP contribution is 2.41. The van der Waals surface area contributed by atoms with Crippen molar-refractivity contribution in [2.45, 2.75) is 44.2 Å². The Morgan fingerprint density at radius 2 is 1.72 bits per heavy atom. The van der Waals surface area contributed by atoms with Crippen LogP contribution in [0.5, 0.6) is 5.75 Å². The summed E-state index contributed by atoms with van der Waals surface area (Å²) in [6.45, 7) is 0. The van der Waals surface area contributed by atoms with Crippen molar-refractivity contribution >= 4 is 22.6 Å². The highest BCUT2D eigenvalue weighted by Gasteiger charge is 2.48. The van der Waals surface area contributed by atoms with Crippen molar-refractivity contribution in [2.75, 3.05) is 0 Å². The summed E-state index contributed by atoms with van der Waals surface area (Å²) in [6.07, 6.45) is 4.44. The summed E-state index contributed by atoms with van der Waals surface area (Å²) in [7, 11) is 0. The molecule has 130 valence electrons. The zero-order valence-corrected chi connectivity index (χ0v) is 13.9. The van der Waals surface area contributed by atoms with E-state index in [1.165, 1.54) is 4.90 Å². The third-order valence-electron chi connectivity index (χ3n) is 5.70. The fourth-order valence-corrected chi connectivity index (χ4v) is 4.51. The van der Waals surface area contributed by atoms with Gasteiger partial charge in [-0.15, -0.1) is 0 Å². The van der Waals surface area contributed by atoms with Crippen LogP contribution >= 0.6 is 0 Å². The summed E-state index contributed by atoms with van der Waals surface area (Å²) >= 11 is 0. The van der Waals surface area contributed by atoms with Gasteiger partial charge in [-0.2, -0.15) is 0 Å². The van der Waals surface area contributed by atoms with E-state index < -0.39 is 12.0 Å². The van der Waals surface area contributed by atoms with Gasteiger partial charge in [0.1, 0.15) is 11.8 Å². The number of benzene rings is 2. The largest absolute Gasteiger partial charge is 0.507 e. The van der Waals surface area contributed by atoms with Crippen LogP contribution in [0.15, 0.2) is 36.4 Å². The van der Waals surface area contributed by atoms with Gasteiger partial charge in [0.2, 0.25) is 0 Å². The molecule has 25 heavy (non-hydrogen) atoms. The van der Waals surface area contributed by atoms with Crippen molar-refractivity contribution in [1.82, 2.24) is 4.90 Å². The first-order valence-corrected chi connectivity index (χ1v) is 8.83. The monoisotopic (exact) mass is 339 g/mol. The second-order valence-corrected chi connectivity index (χ2v) is 7.13. The molecule has 3 unspecified atom stereocenters. The number of nitrogens with zero attached hydrogens (tertiary/aromatic N) is 1. The number of fused-ring (bicyclic) bond motifs is 2. The van der Waals surface area contributed by atoms with Crippen LogP contribution in [0.25, 0.3) is 10.8 Å². The Labute approximate surface area is 145 Å². The first-order chi connectivity index (χ1) is 12.1. The van der Waals surface area contributed by atoms with Gasteiger partial charge in [0.05, 0.1) is 5.56 Å². The molecule has 2 fully saturated rings. The lowest BCUT2D eigenvalue weighted by Gasteiger charge is -2.33. The number of hydrogen-bond acceptors (Lipinski definition) is 3. The molecule has 1 saturated carbocycles. The van der Waals surface area contributed by atoms with E-state index in [1.54, 1.807) is 12.1 Å². The van der Waals surface area contributed by atoms with Gasteiger partial charge < -0.3 is 15.1 Å². The molecule has 5 heteroatoms. The Morgan fingerprint density at radius 1 is 1.04 bits per heavy atom. The van der Waals surface area contributed by atoms with E-state index in [9.17, 15) is 19.8 Å². The lowest BCUT2D eigenvalue weighted by atomic mass is 9.84. The molecule has 0 aromatic heterocycles. The Morgan fingerprint density at radius 3 is 2.44 bits per heavy atom. The maximum absolute atomic E-state index is 13.2. The molecule has 0 spiro atoms. The van der Waals surface area contributed by atoms with Crippen molar-refractivity contribution in [3.63, 3.8) is 0 Å². The average Bonchev–Trinajstić information content (AvgIpc) is 3.00. The van der Waals surface area contributed by atoms with Gasteiger partial charge in [-0.05, 0) is 48.1 Å². The molecule has 1 aliphatic heterocycles. The first kappa shape index (κ1) is 15.9. The molecule has 1 amide bonds. The lowest BCUT2D eigenvalue weighted by Crippen LogP contribution is -2.46. The number of aromatic hydroxyl groups is 1. The van der Waals surface area contributed by atoms with Crippen molar-refractivity contribution in [2.24, 2.45) is 5.92 Å². The number of carbonyl (C=O) groups excluding carboxylic acids is 1. The highest BCUT2D eigenvalue weighted by atomic mass is 16.4. The summed E-state index contributed by atoms with van der Waals surface area (Å²) in [5.41, 5.74) is 0.191. The smallest absolute Gasteiger partial charge is 0.326 e. The van der Waals surface area contributed by atoms with Crippen LogP contribution in [0.2, 0.25) is 0 Å². The molecule has 4 rings (SSSR count). The molecule has 2 aliphatic rings. The van der Waals surface area contributed by atoms with Crippen molar-refractivity contribution in [3.8, 4) is 5.75 Å². The molecule has 1 heterocycles. The number of aliphatic carboxylic acids is 1. The van der Waals surface area contributed by atoms with Gasteiger partial charge in [-0.25, -0.2) is 4.79 Å². The van der Waals surface area contributed by atoms with Crippen molar-refractivity contribution < 1.29 is 19.8 Å².